The molecule has 0 radical (unpaired) electrons. The third-order valence-electron chi connectivity index (χ3n) is 3.38. The van der Waals surface area contributed by atoms with E-state index >= 15 is 0 Å². The van der Waals surface area contributed by atoms with Gasteiger partial charge in [-0.25, -0.2) is 4.98 Å². The van der Waals surface area contributed by atoms with Crippen LogP contribution in [0.1, 0.15) is 6.23 Å². The van der Waals surface area contributed by atoms with Gasteiger partial charge in [-0.2, -0.15) is 0 Å². The number of hydrogen-bond donors (Lipinski definition) is 5. The van der Waals surface area contributed by atoms with Gasteiger partial charge >= 0.3 is 0 Å². The molecule has 9 heteroatoms. The van der Waals surface area contributed by atoms with Crippen LogP contribution in [0.3, 0.4) is 0 Å². The summed E-state index contributed by atoms with van der Waals surface area (Å²) in [7, 11) is 0. The van der Waals surface area contributed by atoms with Gasteiger partial charge in [0.2, 0.25) is 0 Å². The molecule has 0 amide bonds. The predicted molar refractivity (Wildman–Crippen MR) is 67.8 cm³/mol. The van der Waals surface area contributed by atoms with Gasteiger partial charge in [0.05, 0.1) is 18.5 Å². The summed E-state index contributed by atoms with van der Waals surface area (Å²) >= 11 is 0. The van der Waals surface area contributed by atoms with Crippen LogP contribution >= 0.6 is 0 Å². The third-order valence-corrected chi connectivity index (χ3v) is 3.38. The van der Waals surface area contributed by atoms with Gasteiger partial charge in [0.1, 0.15) is 29.6 Å². The van der Waals surface area contributed by atoms with Crippen molar-refractivity contribution in [3.05, 3.63) is 22.7 Å². The maximum Gasteiger partial charge on any atom is 0.275 e. The van der Waals surface area contributed by atoms with Crippen molar-refractivity contribution in [2.45, 2.75) is 24.5 Å². The molecule has 4 atom stereocenters. The van der Waals surface area contributed by atoms with Gasteiger partial charge in [0, 0.05) is 6.07 Å². The van der Waals surface area contributed by atoms with Crippen molar-refractivity contribution < 1.29 is 20.1 Å². The van der Waals surface area contributed by atoms with Gasteiger partial charge in [-0.3, -0.25) is 9.36 Å². The minimum atomic E-state index is -1.28. The lowest BCUT2D eigenvalue weighted by molar-refractivity contribution is -0.0509. The molecule has 0 unspecified atom stereocenters. The van der Waals surface area contributed by atoms with Crippen LogP contribution in [0.2, 0.25) is 0 Å². The normalized spacial score (nSPS) is 30.1. The summed E-state index contributed by atoms with van der Waals surface area (Å²) in [5.74, 6) is 0.175. The van der Waals surface area contributed by atoms with Crippen LogP contribution in [0, 0.1) is 0 Å². The van der Waals surface area contributed by atoms with Crippen LogP contribution in [-0.4, -0.2) is 54.8 Å². The van der Waals surface area contributed by atoms with Gasteiger partial charge in [-0.1, -0.05) is 0 Å². The van der Waals surface area contributed by atoms with E-state index in [1.54, 1.807) is 0 Å². The standard InChI is InChI=1S/C11H14N4O5/c12-6-1-4-7(10(19)14-6)15(3-13-4)11-9(18)8(17)5(2-16)20-11/h1,3,5,8-9,11,16-18H,2H2,(H3,12,14,19)/t5-,8-,9+,11+/m1/s1. The van der Waals surface area contributed by atoms with Crippen LogP contribution in [0.5, 0.6) is 0 Å². The Kier molecular flexibility index (Phi) is 2.98. The Labute approximate surface area is 112 Å². The number of nitrogen functional groups attached to an aromatic ring is 1. The quantitative estimate of drug-likeness (QED) is 0.424. The molecule has 1 fully saturated rings. The molecule has 0 bridgehead atoms. The van der Waals surface area contributed by atoms with Crippen molar-refractivity contribution in [3.8, 4) is 0 Å². The molecule has 2 aromatic rings. The summed E-state index contributed by atoms with van der Waals surface area (Å²) in [6, 6.07) is 1.48. The molecule has 1 aliphatic heterocycles. The molecular formula is C11H14N4O5. The summed E-state index contributed by atoms with van der Waals surface area (Å²) in [5, 5.41) is 28.8. The third kappa shape index (κ3) is 1.79. The molecule has 0 aliphatic carbocycles. The first kappa shape index (κ1) is 13.1. The number of nitrogens with zero attached hydrogens (tertiary/aromatic N) is 2. The van der Waals surface area contributed by atoms with Crippen molar-refractivity contribution in [1.29, 1.82) is 0 Å². The highest BCUT2D eigenvalue weighted by Crippen LogP contribution is 2.30. The molecule has 3 heterocycles. The van der Waals surface area contributed by atoms with Crippen LogP contribution in [-0.2, 0) is 4.74 Å². The van der Waals surface area contributed by atoms with Crippen molar-refractivity contribution in [3.63, 3.8) is 0 Å². The number of anilines is 1. The van der Waals surface area contributed by atoms with Gasteiger partial charge in [0.15, 0.2) is 6.23 Å². The fourth-order valence-corrected chi connectivity index (χ4v) is 2.39. The minimum absolute atomic E-state index is 0.175. The molecular weight excluding hydrogens is 268 g/mol. The summed E-state index contributed by atoms with van der Waals surface area (Å²) in [4.78, 5) is 18.4. The second kappa shape index (κ2) is 4.56. The number of ether oxygens (including phenoxy) is 1. The maximum atomic E-state index is 11.9. The lowest BCUT2D eigenvalue weighted by Crippen LogP contribution is -2.33. The summed E-state index contributed by atoms with van der Waals surface area (Å²) in [6.07, 6.45) is -3.12. The minimum Gasteiger partial charge on any atom is -0.394 e. The summed E-state index contributed by atoms with van der Waals surface area (Å²) in [5.41, 5.74) is 5.57. The fourth-order valence-electron chi connectivity index (χ4n) is 2.39. The topological polar surface area (TPSA) is 147 Å². The summed E-state index contributed by atoms with van der Waals surface area (Å²) < 4.78 is 6.68. The number of rotatable bonds is 2. The second-order valence-corrected chi connectivity index (χ2v) is 4.67. The summed E-state index contributed by atoms with van der Waals surface area (Å²) in [6.45, 7) is -0.440. The first-order valence-electron chi connectivity index (χ1n) is 6.00. The Hall–Kier alpha value is -1.94. The Bertz CT molecular complexity index is 696. The van der Waals surface area contributed by atoms with Crippen molar-refractivity contribution in [2.24, 2.45) is 0 Å². The monoisotopic (exact) mass is 282 g/mol. The highest BCUT2D eigenvalue weighted by molar-refractivity contribution is 5.76. The Morgan fingerprint density at radius 1 is 1.45 bits per heavy atom. The van der Waals surface area contributed by atoms with Crippen LogP contribution < -0.4 is 11.3 Å². The molecule has 2 aromatic heterocycles. The van der Waals surface area contributed by atoms with E-state index in [1.165, 1.54) is 17.0 Å². The second-order valence-electron chi connectivity index (χ2n) is 4.67. The van der Waals surface area contributed by atoms with E-state index in [0.717, 1.165) is 0 Å². The number of nitrogens with one attached hydrogen (secondary N) is 1. The molecule has 108 valence electrons. The lowest BCUT2D eigenvalue weighted by Gasteiger charge is -2.16. The molecule has 3 rings (SSSR count). The molecule has 9 nitrogen and oxygen atoms in total. The SMILES string of the molecule is Nc1cc2ncn([C@H]3O[C@H](CO)[C@@H](O)[C@@H]3O)c2c(=O)[nH]1. The zero-order chi connectivity index (χ0) is 14.4. The van der Waals surface area contributed by atoms with Gasteiger partial charge in [-0.05, 0) is 0 Å². The van der Waals surface area contributed by atoms with Crippen LogP contribution in [0.4, 0.5) is 5.82 Å². The first-order chi connectivity index (χ1) is 9.52. The zero-order valence-electron chi connectivity index (χ0n) is 10.3. The lowest BCUT2D eigenvalue weighted by atomic mass is 10.1. The van der Waals surface area contributed by atoms with Crippen LogP contribution in [0.25, 0.3) is 11.0 Å². The Morgan fingerprint density at radius 3 is 2.85 bits per heavy atom. The number of fused-ring (bicyclic) bond motifs is 1. The Morgan fingerprint density at radius 2 is 2.20 bits per heavy atom. The van der Waals surface area contributed by atoms with Gasteiger partial charge in [0.25, 0.3) is 5.56 Å². The molecule has 0 saturated carbocycles. The number of imidazole rings is 1. The number of nitrogens with two attached hydrogens (primary N) is 1. The van der Waals surface area contributed by atoms with Gasteiger partial charge in [-0.15, -0.1) is 0 Å². The maximum absolute atomic E-state index is 11.9. The van der Waals surface area contributed by atoms with E-state index in [0.29, 0.717) is 5.52 Å². The smallest absolute Gasteiger partial charge is 0.275 e. The Balaban J connectivity index is 2.10. The predicted octanol–water partition coefficient (Wildman–Crippen LogP) is -2.08. The van der Waals surface area contributed by atoms with Crippen LogP contribution in [0.15, 0.2) is 17.2 Å². The first-order valence-corrected chi connectivity index (χ1v) is 6.00. The molecule has 20 heavy (non-hydrogen) atoms. The highest BCUT2D eigenvalue weighted by atomic mass is 16.6. The molecule has 6 N–H and O–H groups in total. The molecule has 1 saturated heterocycles. The number of aromatic amines is 1. The zero-order valence-corrected chi connectivity index (χ0v) is 10.3. The van der Waals surface area contributed by atoms with E-state index in [4.69, 9.17) is 15.6 Å². The molecule has 0 aromatic carbocycles. The van der Waals surface area contributed by atoms with E-state index in [2.05, 4.69) is 9.97 Å². The largest absolute Gasteiger partial charge is 0.394 e. The van der Waals surface area contributed by atoms with Crippen molar-refractivity contribution in [2.75, 3.05) is 12.3 Å². The van der Waals surface area contributed by atoms with E-state index in [1.807, 2.05) is 0 Å². The van der Waals surface area contributed by atoms with E-state index in [-0.39, 0.29) is 11.3 Å². The average molecular weight is 282 g/mol. The number of aliphatic hydroxyl groups is 3. The number of aliphatic hydroxyl groups excluding tert-OH is 3. The number of hydrogen-bond acceptors (Lipinski definition) is 7. The number of H-pyrrole nitrogens is 1. The van der Waals surface area contributed by atoms with E-state index < -0.39 is 36.7 Å². The highest BCUT2D eigenvalue weighted by Gasteiger charge is 2.43. The number of pyridine rings is 1. The van der Waals surface area contributed by atoms with Crippen molar-refractivity contribution in [1.82, 2.24) is 14.5 Å². The average Bonchev–Trinajstić information content (AvgIpc) is 2.93. The number of aromatic nitrogens is 3. The van der Waals surface area contributed by atoms with Gasteiger partial charge < -0.3 is 30.8 Å². The fraction of sp³-hybridized carbons (Fsp3) is 0.455. The van der Waals surface area contributed by atoms with Crippen molar-refractivity contribution >= 4 is 16.9 Å². The van der Waals surface area contributed by atoms with E-state index in [9.17, 15) is 15.0 Å². The molecule has 1 aliphatic rings. The molecule has 0 spiro atoms.